The summed E-state index contributed by atoms with van der Waals surface area (Å²) < 4.78 is 7.31. The van der Waals surface area contributed by atoms with Crippen molar-refractivity contribution in [1.82, 2.24) is 30.2 Å². The fourth-order valence-electron chi connectivity index (χ4n) is 2.57. The van der Waals surface area contributed by atoms with Gasteiger partial charge in [-0.05, 0) is 19.4 Å². The molecule has 1 saturated heterocycles. The SMILES string of the molecule is CC(C)c1nc(CSc2nnc(C3CCCNC3)n2C)no1.Cl. The first kappa shape index (κ1) is 18.2. The second-order valence-corrected chi connectivity index (χ2v) is 6.88. The van der Waals surface area contributed by atoms with Crippen LogP contribution in [0.25, 0.3) is 0 Å². The van der Waals surface area contributed by atoms with Gasteiger partial charge in [-0.2, -0.15) is 4.98 Å². The number of nitrogens with one attached hydrogen (secondary N) is 1. The molecule has 0 spiro atoms. The average Bonchev–Trinajstić information content (AvgIpc) is 3.13. The molecule has 23 heavy (non-hydrogen) atoms. The Morgan fingerprint density at radius 2 is 2.22 bits per heavy atom. The maximum atomic E-state index is 5.22. The molecule has 1 unspecified atom stereocenters. The van der Waals surface area contributed by atoms with Crippen molar-refractivity contribution < 1.29 is 4.52 Å². The van der Waals surface area contributed by atoms with Crippen LogP contribution in [-0.4, -0.2) is 38.0 Å². The topological polar surface area (TPSA) is 81.7 Å². The standard InChI is InChI=1S/C14H22N6OS.ClH/c1-9(2)13-16-11(19-21-13)8-22-14-18-17-12(20(14)3)10-5-4-6-15-7-10;/h9-10,15H,4-8H2,1-3H3;1H. The van der Waals surface area contributed by atoms with E-state index in [0.29, 0.717) is 23.4 Å². The molecular weight excluding hydrogens is 336 g/mol. The molecule has 128 valence electrons. The third kappa shape index (κ3) is 4.24. The second-order valence-electron chi connectivity index (χ2n) is 5.94. The highest BCUT2D eigenvalue weighted by Gasteiger charge is 2.22. The van der Waals surface area contributed by atoms with Gasteiger partial charge in [0.1, 0.15) is 5.82 Å². The summed E-state index contributed by atoms with van der Waals surface area (Å²) in [5, 5.41) is 17.0. The molecule has 1 aliphatic rings. The highest BCUT2D eigenvalue weighted by molar-refractivity contribution is 7.98. The van der Waals surface area contributed by atoms with E-state index in [4.69, 9.17) is 4.52 Å². The van der Waals surface area contributed by atoms with E-state index in [0.717, 1.165) is 24.1 Å². The van der Waals surface area contributed by atoms with Crippen molar-refractivity contribution in [3.63, 3.8) is 0 Å². The molecule has 2 aromatic heterocycles. The van der Waals surface area contributed by atoms with Crippen LogP contribution in [0, 0.1) is 0 Å². The summed E-state index contributed by atoms with van der Waals surface area (Å²) >= 11 is 1.59. The van der Waals surface area contributed by atoms with Crippen LogP contribution in [0.4, 0.5) is 0 Å². The van der Waals surface area contributed by atoms with Crippen LogP contribution < -0.4 is 5.32 Å². The molecule has 0 radical (unpaired) electrons. The number of hydrogen-bond donors (Lipinski definition) is 1. The summed E-state index contributed by atoms with van der Waals surface area (Å²) in [7, 11) is 2.03. The predicted octanol–water partition coefficient (Wildman–Crippen LogP) is 2.50. The zero-order chi connectivity index (χ0) is 15.5. The fourth-order valence-corrected chi connectivity index (χ4v) is 3.33. The van der Waals surface area contributed by atoms with E-state index in [-0.39, 0.29) is 18.3 Å². The van der Waals surface area contributed by atoms with Gasteiger partial charge < -0.3 is 14.4 Å². The van der Waals surface area contributed by atoms with Gasteiger partial charge in [0.2, 0.25) is 5.89 Å². The van der Waals surface area contributed by atoms with Crippen molar-refractivity contribution in [2.24, 2.45) is 7.05 Å². The van der Waals surface area contributed by atoms with Gasteiger partial charge in [-0.15, -0.1) is 22.6 Å². The molecule has 3 heterocycles. The second kappa shape index (κ2) is 8.12. The van der Waals surface area contributed by atoms with Crippen LogP contribution in [0.15, 0.2) is 9.68 Å². The quantitative estimate of drug-likeness (QED) is 0.822. The normalized spacial score (nSPS) is 18.2. The summed E-state index contributed by atoms with van der Waals surface area (Å²) in [6.45, 7) is 6.17. The van der Waals surface area contributed by atoms with E-state index in [1.54, 1.807) is 11.8 Å². The predicted molar refractivity (Wildman–Crippen MR) is 91.0 cm³/mol. The van der Waals surface area contributed by atoms with Crippen molar-refractivity contribution in [1.29, 1.82) is 0 Å². The lowest BCUT2D eigenvalue weighted by molar-refractivity contribution is 0.362. The van der Waals surface area contributed by atoms with E-state index in [1.807, 2.05) is 20.9 Å². The van der Waals surface area contributed by atoms with Gasteiger partial charge >= 0.3 is 0 Å². The minimum Gasteiger partial charge on any atom is -0.339 e. The first-order valence-electron chi connectivity index (χ1n) is 7.70. The number of aromatic nitrogens is 5. The van der Waals surface area contributed by atoms with Crippen molar-refractivity contribution in [2.75, 3.05) is 13.1 Å². The first-order valence-corrected chi connectivity index (χ1v) is 8.69. The fraction of sp³-hybridized carbons (Fsp3) is 0.714. The Morgan fingerprint density at radius 1 is 1.39 bits per heavy atom. The minimum absolute atomic E-state index is 0. The van der Waals surface area contributed by atoms with Gasteiger partial charge in [0, 0.05) is 25.4 Å². The van der Waals surface area contributed by atoms with Crippen LogP contribution >= 0.6 is 24.2 Å². The smallest absolute Gasteiger partial charge is 0.229 e. The molecule has 0 bridgehead atoms. The summed E-state index contributed by atoms with van der Waals surface area (Å²) in [5.41, 5.74) is 0. The molecule has 0 aromatic carbocycles. The van der Waals surface area contributed by atoms with Crippen molar-refractivity contribution in [3.05, 3.63) is 17.5 Å². The third-order valence-corrected chi connectivity index (χ3v) is 4.85. The molecule has 0 saturated carbocycles. The lowest BCUT2D eigenvalue weighted by Gasteiger charge is -2.21. The lowest BCUT2D eigenvalue weighted by Crippen LogP contribution is -2.29. The van der Waals surface area contributed by atoms with Gasteiger partial charge in [0.15, 0.2) is 11.0 Å². The van der Waals surface area contributed by atoms with E-state index in [1.165, 1.54) is 12.8 Å². The Balaban J connectivity index is 0.00000192. The number of rotatable bonds is 5. The maximum absolute atomic E-state index is 5.22. The zero-order valence-electron chi connectivity index (χ0n) is 13.7. The van der Waals surface area contributed by atoms with Gasteiger partial charge in [-0.25, -0.2) is 0 Å². The highest BCUT2D eigenvalue weighted by Crippen LogP contribution is 2.26. The maximum Gasteiger partial charge on any atom is 0.229 e. The summed E-state index contributed by atoms with van der Waals surface area (Å²) in [6.07, 6.45) is 2.37. The number of hydrogen-bond acceptors (Lipinski definition) is 7. The van der Waals surface area contributed by atoms with Crippen molar-refractivity contribution >= 4 is 24.2 Å². The Kier molecular flexibility index (Phi) is 6.43. The van der Waals surface area contributed by atoms with E-state index in [9.17, 15) is 0 Å². The van der Waals surface area contributed by atoms with Crippen molar-refractivity contribution in [3.8, 4) is 0 Å². The molecule has 2 aromatic rings. The number of nitrogens with zero attached hydrogens (tertiary/aromatic N) is 5. The third-order valence-electron chi connectivity index (χ3n) is 3.84. The average molecular weight is 359 g/mol. The molecule has 3 rings (SSSR count). The van der Waals surface area contributed by atoms with E-state index in [2.05, 4.69) is 30.2 Å². The summed E-state index contributed by atoms with van der Waals surface area (Å²) in [6, 6.07) is 0. The Labute approximate surface area is 146 Å². The molecule has 9 heteroatoms. The first-order chi connectivity index (χ1) is 10.6. The minimum atomic E-state index is 0. The molecule has 7 nitrogen and oxygen atoms in total. The van der Waals surface area contributed by atoms with Gasteiger partial charge in [-0.3, -0.25) is 0 Å². The Morgan fingerprint density at radius 3 is 2.87 bits per heavy atom. The van der Waals surface area contributed by atoms with Crippen LogP contribution in [0.1, 0.15) is 56.1 Å². The highest BCUT2D eigenvalue weighted by atomic mass is 35.5. The lowest BCUT2D eigenvalue weighted by atomic mass is 9.99. The Hall–Kier alpha value is -1.12. The van der Waals surface area contributed by atoms with E-state index < -0.39 is 0 Å². The van der Waals surface area contributed by atoms with Crippen LogP contribution in [0.5, 0.6) is 0 Å². The van der Waals surface area contributed by atoms with Gasteiger partial charge in [0.25, 0.3) is 0 Å². The van der Waals surface area contributed by atoms with Crippen LogP contribution in [-0.2, 0) is 12.8 Å². The van der Waals surface area contributed by atoms with Gasteiger partial charge in [0.05, 0.1) is 5.75 Å². The number of piperidine rings is 1. The number of halogens is 1. The van der Waals surface area contributed by atoms with Gasteiger partial charge in [-0.1, -0.05) is 30.8 Å². The molecule has 0 aliphatic carbocycles. The van der Waals surface area contributed by atoms with E-state index >= 15 is 0 Å². The summed E-state index contributed by atoms with van der Waals surface area (Å²) in [4.78, 5) is 4.39. The zero-order valence-corrected chi connectivity index (χ0v) is 15.3. The molecular formula is C14H23ClN6OS. The number of thioether (sulfide) groups is 1. The molecule has 1 N–H and O–H groups in total. The van der Waals surface area contributed by atoms with Crippen LogP contribution in [0.2, 0.25) is 0 Å². The Bertz CT molecular complexity index is 623. The molecule has 0 amide bonds. The monoisotopic (exact) mass is 358 g/mol. The summed E-state index contributed by atoms with van der Waals surface area (Å²) in [5.74, 6) is 3.81. The van der Waals surface area contributed by atoms with Crippen LogP contribution in [0.3, 0.4) is 0 Å². The molecule has 1 atom stereocenters. The molecule has 1 fully saturated rings. The molecule has 1 aliphatic heterocycles. The largest absolute Gasteiger partial charge is 0.339 e. The van der Waals surface area contributed by atoms with Crippen molar-refractivity contribution in [2.45, 2.75) is 49.4 Å².